The van der Waals surface area contributed by atoms with Gasteiger partial charge in [0, 0.05) is 11.7 Å². The van der Waals surface area contributed by atoms with Gasteiger partial charge in [-0.05, 0) is 37.0 Å². The van der Waals surface area contributed by atoms with Crippen molar-refractivity contribution in [3.05, 3.63) is 23.8 Å². The lowest BCUT2D eigenvalue weighted by molar-refractivity contribution is 0.0911. The number of carbonyl (C=O) groups excluding carboxylic acids is 1. The van der Waals surface area contributed by atoms with Gasteiger partial charge in [0.05, 0.1) is 12.7 Å². The van der Waals surface area contributed by atoms with Gasteiger partial charge in [0.1, 0.15) is 5.75 Å². The molecule has 0 saturated heterocycles. The summed E-state index contributed by atoms with van der Waals surface area (Å²) in [5.74, 6) is 1.08. The van der Waals surface area contributed by atoms with Crippen LogP contribution in [0.15, 0.2) is 18.2 Å². The van der Waals surface area contributed by atoms with Gasteiger partial charge in [-0.15, -0.1) is 0 Å². The first kappa shape index (κ1) is 13.7. The van der Waals surface area contributed by atoms with E-state index in [1.807, 2.05) is 0 Å². The Kier molecular flexibility index (Phi) is 4.30. The number of benzene rings is 1. The van der Waals surface area contributed by atoms with Gasteiger partial charge in [-0.25, -0.2) is 0 Å². The van der Waals surface area contributed by atoms with Gasteiger partial charge < -0.3 is 15.8 Å². The molecule has 2 atom stereocenters. The van der Waals surface area contributed by atoms with Gasteiger partial charge in [-0.1, -0.05) is 19.8 Å². The maximum Gasteiger partial charge on any atom is 0.253 e. The molecule has 4 nitrogen and oxygen atoms in total. The van der Waals surface area contributed by atoms with Crippen LogP contribution in [-0.2, 0) is 0 Å². The van der Waals surface area contributed by atoms with Crippen molar-refractivity contribution in [2.75, 3.05) is 12.8 Å². The molecule has 0 aliphatic heterocycles. The van der Waals surface area contributed by atoms with Gasteiger partial charge in [0.15, 0.2) is 0 Å². The van der Waals surface area contributed by atoms with Crippen LogP contribution in [0.4, 0.5) is 5.69 Å². The summed E-state index contributed by atoms with van der Waals surface area (Å²) < 4.78 is 5.14. The number of methoxy groups -OCH3 is 1. The molecule has 4 heteroatoms. The Bertz CT molecular complexity index is 459. The molecule has 1 fully saturated rings. The van der Waals surface area contributed by atoms with Crippen molar-refractivity contribution in [3.63, 3.8) is 0 Å². The zero-order valence-corrected chi connectivity index (χ0v) is 11.6. The number of hydrogen-bond acceptors (Lipinski definition) is 3. The van der Waals surface area contributed by atoms with Crippen LogP contribution in [0.2, 0.25) is 0 Å². The Hall–Kier alpha value is -1.71. The van der Waals surface area contributed by atoms with E-state index in [1.54, 1.807) is 25.3 Å². The number of nitrogens with one attached hydrogen (secondary N) is 1. The predicted octanol–water partition coefficient (Wildman–Crippen LogP) is 2.59. The highest BCUT2D eigenvalue weighted by molar-refractivity contribution is 5.99. The van der Waals surface area contributed by atoms with Crippen molar-refractivity contribution in [2.24, 2.45) is 5.92 Å². The SMILES string of the molecule is COc1ccc(N)c(C(=O)NC2CCCCC2C)c1. The van der Waals surface area contributed by atoms with E-state index in [1.165, 1.54) is 19.3 Å². The van der Waals surface area contributed by atoms with Crippen LogP contribution in [0.3, 0.4) is 0 Å². The highest BCUT2D eigenvalue weighted by atomic mass is 16.5. The fourth-order valence-electron chi connectivity index (χ4n) is 2.64. The molecule has 19 heavy (non-hydrogen) atoms. The average molecular weight is 262 g/mol. The Balaban J connectivity index is 2.10. The predicted molar refractivity (Wildman–Crippen MR) is 76.3 cm³/mol. The van der Waals surface area contributed by atoms with Crippen molar-refractivity contribution in [1.29, 1.82) is 0 Å². The molecule has 0 bridgehead atoms. The van der Waals surface area contributed by atoms with Crippen LogP contribution < -0.4 is 15.8 Å². The Morgan fingerprint density at radius 2 is 2.11 bits per heavy atom. The van der Waals surface area contributed by atoms with E-state index in [0.717, 1.165) is 6.42 Å². The van der Waals surface area contributed by atoms with E-state index in [4.69, 9.17) is 10.5 Å². The summed E-state index contributed by atoms with van der Waals surface area (Å²) >= 11 is 0. The van der Waals surface area contributed by atoms with E-state index in [2.05, 4.69) is 12.2 Å². The standard InChI is InChI=1S/C15H22N2O2/c1-10-5-3-4-6-14(10)17-15(18)12-9-11(19-2)7-8-13(12)16/h7-10,14H,3-6,16H2,1-2H3,(H,17,18). The maximum atomic E-state index is 12.3. The van der Waals surface area contributed by atoms with Gasteiger partial charge in [0.25, 0.3) is 5.91 Å². The van der Waals surface area contributed by atoms with Gasteiger partial charge in [0.2, 0.25) is 0 Å². The lowest BCUT2D eigenvalue weighted by atomic mass is 9.86. The van der Waals surface area contributed by atoms with Gasteiger partial charge >= 0.3 is 0 Å². The van der Waals surface area contributed by atoms with Crippen LogP contribution in [0.1, 0.15) is 43.0 Å². The summed E-state index contributed by atoms with van der Waals surface area (Å²) in [5.41, 5.74) is 6.85. The second-order valence-electron chi connectivity index (χ2n) is 5.29. The lowest BCUT2D eigenvalue weighted by Gasteiger charge is -2.29. The number of ether oxygens (including phenoxy) is 1. The molecule has 3 N–H and O–H groups in total. The fourth-order valence-corrected chi connectivity index (χ4v) is 2.64. The second-order valence-corrected chi connectivity index (χ2v) is 5.29. The number of hydrogen-bond donors (Lipinski definition) is 2. The minimum atomic E-state index is -0.102. The number of carbonyl (C=O) groups is 1. The molecule has 0 spiro atoms. The number of nitrogens with two attached hydrogens (primary N) is 1. The van der Waals surface area contributed by atoms with E-state index >= 15 is 0 Å². The summed E-state index contributed by atoms with van der Waals surface area (Å²) in [6, 6.07) is 5.41. The topological polar surface area (TPSA) is 64.3 Å². The molecule has 1 aromatic rings. The summed E-state index contributed by atoms with van der Waals surface area (Å²) in [7, 11) is 1.58. The quantitative estimate of drug-likeness (QED) is 0.823. The molecule has 1 aliphatic carbocycles. The normalized spacial score (nSPS) is 22.8. The molecule has 1 aromatic carbocycles. The third-order valence-electron chi connectivity index (χ3n) is 3.93. The monoisotopic (exact) mass is 262 g/mol. The Morgan fingerprint density at radius 1 is 1.37 bits per heavy atom. The highest BCUT2D eigenvalue weighted by Gasteiger charge is 2.24. The average Bonchev–Trinajstić information content (AvgIpc) is 2.42. The second kappa shape index (κ2) is 5.95. The van der Waals surface area contributed by atoms with E-state index < -0.39 is 0 Å². The van der Waals surface area contributed by atoms with Crippen LogP contribution in [0, 0.1) is 5.92 Å². The molecular formula is C15H22N2O2. The number of nitrogen functional groups attached to an aromatic ring is 1. The van der Waals surface area contributed by atoms with E-state index in [9.17, 15) is 4.79 Å². The van der Waals surface area contributed by atoms with Gasteiger partial charge in [-0.2, -0.15) is 0 Å². The molecule has 0 radical (unpaired) electrons. The molecule has 2 unspecified atom stereocenters. The number of amides is 1. The zero-order valence-electron chi connectivity index (χ0n) is 11.6. The number of anilines is 1. The van der Waals surface area contributed by atoms with Crippen LogP contribution in [-0.4, -0.2) is 19.1 Å². The number of rotatable bonds is 3. The maximum absolute atomic E-state index is 12.3. The first-order valence-electron chi connectivity index (χ1n) is 6.86. The molecule has 0 aromatic heterocycles. The van der Waals surface area contributed by atoms with Crippen molar-refractivity contribution >= 4 is 11.6 Å². The summed E-state index contributed by atoms with van der Waals surface area (Å²) in [6.07, 6.45) is 4.67. The van der Waals surface area contributed by atoms with Crippen LogP contribution in [0.5, 0.6) is 5.75 Å². The summed E-state index contributed by atoms with van der Waals surface area (Å²) in [4.78, 5) is 12.3. The molecular weight excluding hydrogens is 240 g/mol. The van der Waals surface area contributed by atoms with Gasteiger partial charge in [-0.3, -0.25) is 4.79 Å². The third-order valence-corrected chi connectivity index (χ3v) is 3.93. The molecule has 0 heterocycles. The first-order chi connectivity index (χ1) is 9.11. The molecule has 104 valence electrons. The molecule has 1 amide bonds. The molecule has 1 saturated carbocycles. The first-order valence-corrected chi connectivity index (χ1v) is 6.86. The van der Waals surface area contributed by atoms with Crippen molar-refractivity contribution in [3.8, 4) is 5.75 Å². The van der Waals surface area contributed by atoms with Crippen LogP contribution in [0.25, 0.3) is 0 Å². The Morgan fingerprint density at radius 3 is 2.79 bits per heavy atom. The van der Waals surface area contributed by atoms with E-state index in [-0.39, 0.29) is 11.9 Å². The van der Waals surface area contributed by atoms with Crippen molar-refractivity contribution in [1.82, 2.24) is 5.32 Å². The largest absolute Gasteiger partial charge is 0.497 e. The highest BCUT2D eigenvalue weighted by Crippen LogP contribution is 2.25. The minimum absolute atomic E-state index is 0.102. The summed E-state index contributed by atoms with van der Waals surface area (Å²) in [5, 5.41) is 3.10. The minimum Gasteiger partial charge on any atom is -0.497 e. The lowest BCUT2D eigenvalue weighted by Crippen LogP contribution is -2.41. The van der Waals surface area contributed by atoms with E-state index in [0.29, 0.717) is 22.9 Å². The molecule has 2 rings (SSSR count). The van der Waals surface area contributed by atoms with Crippen LogP contribution >= 0.6 is 0 Å². The van der Waals surface area contributed by atoms with Crippen molar-refractivity contribution < 1.29 is 9.53 Å². The zero-order chi connectivity index (χ0) is 13.8. The smallest absolute Gasteiger partial charge is 0.253 e. The van der Waals surface area contributed by atoms with Crippen molar-refractivity contribution in [2.45, 2.75) is 38.6 Å². The fraction of sp³-hybridized carbons (Fsp3) is 0.533. The third kappa shape index (κ3) is 3.19. The Labute approximate surface area is 114 Å². The molecule has 1 aliphatic rings. The summed E-state index contributed by atoms with van der Waals surface area (Å²) in [6.45, 7) is 2.19.